The van der Waals surface area contributed by atoms with Gasteiger partial charge in [-0.2, -0.15) is 0 Å². The molecule has 5 nitrogen and oxygen atoms in total. The number of carboxylic acid groups (broad SMARTS) is 1. The fourth-order valence-electron chi connectivity index (χ4n) is 2.11. The molecule has 0 saturated carbocycles. The Morgan fingerprint density at radius 3 is 2.84 bits per heavy atom. The molecule has 0 bridgehead atoms. The van der Waals surface area contributed by atoms with Gasteiger partial charge in [-0.15, -0.1) is 0 Å². The van der Waals surface area contributed by atoms with Gasteiger partial charge >= 0.3 is 5.97 Å². The van der Waals surface area contributed by atoms with Gasteiger partial charge < -0.3 is 5.11 Å². The van der Waals surface area contributed by atoms with Crippen LogP contribution in [0.5, 0.6) is 0 Å². The zero-order valence-corrected chi connectivity index (χ0v) is 10.2. The minimum absolute atomic E-state index is 0.210. The van der Waals surface area contributed by atoms with Gasteiger partial charge in [-0.05, 0) is 31.2 Å². The third-order valence-corrected chi connectivity index (χ3v) is 2.95. The van der Waals surface area contributed by atoms with Crippen molar-refractivity contribution >= 4 is 17.0 Å². The molecule has 19 heavy (non-hydrogen) atoms. The number of carbonyl (C=O) groups is 1. The van der Waals surface area contributed by atoms with Gasteiger partial charge in [0.25, 0.3) is 0 Å². The highest BCUT2D eigenvalue weighted by atomic mass is 16.4. The Kier molecular flexibility index (Phi) is 2.52. The van der Waals surface area contributed by atoms with Crippen molar-refractivity contribution in [2.24, 2.45) is 0 Å². The largest absolute Gasteiger partial charge is 0.478 e. The van der Waals surface area contributed by atoms with Crippen molar-refractivity contribution in [1.29, 1.82) is 0 Å². The van der Waals surface area contributed by atoms with Crippen LogP contribution in [0.2, 0.25) is 0 Å². The quantitative estimate of drug-likeness (QED) is 0.761. The fourth-order valence-corrected chi connectivity index (χ4v) is 2.11. The first-order valence-electron chi connectivity index (χ1n) is 5.80. The normalized spacial score (nSPS) is 10.8. The summed E-state index contributed by atoms with van der Waals surface area (Å²) in [5.41, 5.74) is 1.99. The number of pyridine rings is 1. The molecule has 0 saturated heterocycles. The van der Waals surface area contributed by atoms with Crippen LogP contribution in [0.3, 0.4) is 0 Å². The molecule has 0 fully saturated rings. The van der Waals surface area contributed by atoms with E-state index in [1.54, 1.807) is 6.07 Å². The number of hydrogen-bond donors (Lipinski definition) is 1. The Morgan fingerprint density at radius 2 is 2.05 bits per heavy atom. The Morgan fingerprint density at radius 1 is 1.26 bits per heavy atom. The van der Waals surface area contributed by atoms with Gasteiger partial charge in [0.1, 0.15) is 11.6 Å². The number of aryl methyl sites for hydroxylation is 1. The SMILES string of the molecule is Cc1nc2ccccc2n1-c1cc(C(=O)O)ccn1. The molecule has 0 unspecified atom stereocenters. The summed E-state index contributed by atoms with van der Waals surface area (Å²) in [6, 6.07) is 10.7. The first-order chi connectivity index (χ1) is 9.16. The minimum Gasteiger partial charge on any atom is -0.478 e. The van der Waals surface area contributed by atoms with Crippen LogP contribution in [-0.4, -0.2) is 25.6 Å². The average Bonchev–Trinajstić information content (AvgIpc) is 2.74. The third-order valence-electron chi connectivity index (χ3n) is 2.95. The van der Waals surface area contributed by atoms with Crippen molar-refractivity contribution in [2.75, 3.05) is 0 Å². The highest BCUT2D eigenvalue weighted by Gasteiger charge is 2.11. The second kappa shape index (κ2) is 4.20. The summed E-state index contributed by atoms with van der Waals surface area (Å²) in [4.78, 5) is 19.7. The van der Waals surface area contributed by atoms with E-state index < -0.39 is 5.97 Å². The van der Waals surface area contributed by atoms with E-state index in [1.807, 2.05) is 35.8 Å². The summed E-state index contributed by atoms with van der Waals surface area (Å²) < 4.78 is 1.85. The molecular formula is C14H11N3O2. The van der Waals surface area contributed by atoms with E-state index in [9.17, 15) is 4.79 Å². The van der Waals surface area contributed by atoms with E-state index in [1.165, 1.54) is 12.3 Å². The summed E-state index contributed by atoms with van der Waals surface area (Å²) in [5, 5.41) is 9.04. The molecule has 0 amide bonds. The van der Waals surface area contributed by atoms with Crippen molar-refractivity contribution in [3.63, 3.8) is 0 Å². The minimum atomic E-state index is -0.967. The topological polar surface area (TPSA) is 68.0 Å². The van der Waals surface area contributed by atoms with Crippen molar-refractivity contribution in [3.8, 4) is 5.82 Å². The highest BCUT2D eigenvalue weighted by molar-refractivity contribution is 5.88. The van der Waals surface area contributed by atoms with E-state index in [0.29, 0.717) is 5.82 Å². The zero-order valence-electron chi connectivity index (χ0n) is 10.2. The summed E-state index contributed by atoms with van der Waals surface area (Å²) in [6.45, 7) is 1.87. The number of nitrogens with zero attached hydrogens (tertiary/aromatic N) is 3. The van der Waals surface area contributed by atoms with Gasteiger partial charge in [-0.1, -0.05) is 12.1 Å². The molecule has 1 aromatic carbocycles. The van der Waals surface area contributed by atoms with Gasteiger partial charge in [0.15, 0.2) is 0 Å². The Bertz CT molecular complexity index is 777. The zero-order chi connectivity index (χ0) is 13.4. The van der Waals surface area contributed by atoms with Crippen molar-refractivity contribution in [1.82, 2.24) is 14.5 Å². The van der Waals surface area contributed by atoms with Crippen molar-refractivity contribution < 1.29 is 9.90 Å². The number of aromatic nitrogens is 3. The van der Waals surface area contributed by atoms with Gasteiger partial charge in [0.2, 0.25) is 0 Å². The number of imidazole rings is 1. The van der Waals surface area contributed by atoms with E-state index >= 15 is 0 Å². The molecule has 0 radical (unpaired) electrons. The molecule has 0 spiro atoms. The maximum absolute atomic E-state index is 11.0. The molecular weight excluding hydrogens is 242 g/mol. The maximum Gasteiger partial charge on any atom is 0.335 e. The first-order valence-corrected chi connectivity index (χ1v) is 5.80. The number of fused-ring (bicyclic) bond motifs is 1. The highest BCUT2D eigenvalue weighted by Crippen LogP contribution is 2.20. The van der Waals surface area contributed by atoms with Crippen LogP contribution in [0.15, 0.2) is 42.6 Å². The average molecular weight is 253 g/mol. The van der Waals surface area contributed by atoms with E-state index in [0.717, 1.165) is 16.9 Å². The lowest BCUT2D eigenvalue weighted by molar-refractivity contribution is 0.0696. The molecule has 3 rings (SSSR count). The molecule has 94 valence electrons. The molecule has 0 aliphatic rings. The molecule has 0 aliphatic heterocycles. The molecule has 0 aliphatic carbocycles. The second-order valence-electron chi connectivity index (χ2n) is 4.19. The van der Waals surface area contributed by atoms with Crippen LogP contribution >= 0.6 is 0 Å². The van der Waals surface area contributed by atoms with Crippen LogP contribution < -0.4 is 0 Å². The Labute approximate surface area is 109 Å². The number of carboxylic acids is 1. The van der Waals surface area contributed by atoms with E-state index in [-0.39, 0.29) is 5.56 Å². The number of rotatable bonds is 2. The molecule has 1 N–H and O–H groups in total. The fraction of sp³-hybridized carbons (Fsp3) is 0.0714. The van der Waals surface area contributed by atoms with Gasteiger partial charge in [-0.3, -0.25) is 4.57 Å². The summed E-state index contributed by atoms with van der Waals surface area (Å²) in [6.07, 6.45) is 1.49. The number of para-hydroxylation sites is 2. The Balaban J connectivity index is 2.27. The van der Waals surface area contributed by atoms with Crippen LogP contribution in [-0.2, 0) is 0 Å². The number of benzene rings is 1. The summed E-state index contributed by atoms with van der Waals surface area (Å²) >= 11 is 0. The van der Waals surface area contributed by atoms with Gasteiger partial charge in [0.05, 0.1) is 16.6 Å². The number of hydrogen-bond acceptors (Lipinski definition) is 3. The molecule has 3 aromatic rings. The first kappa shape index (κ1) is 11.4. The Hall–Kier alpha value is -2.69. The second-order valence-corrected chi connectivity index (χ2v) is 4.19. The molecule has 5 heteroatoms. The van der Waals surface area contributed by atoms with Crippen LogP contribution in [0.25, 0.3) is 16.9 Å². The summed E-state index contributed by atoms with van der Waals surface area (Å²) in [5.74, 6) is 0.369. The van der Waals surface area contributed by atoms with Gasteiger partial charge in [-0.25, -0.2) is 14.8 Å². The van der Waals surface area contributed by atoms with E-state index in [4.69, 9.17) is 5.11 Å². The van der Waals surface area contributed by atoms with Crippen LogP contribution in [0, 0.1) is 6.92 Å². The number of aromatic carboxylic acids is 1. The maximum atomic E-state index is 11.0. The van der Waals surface area contributed by atoms with Crippen LogP contribution in [0.1, 0.15) is 16.2 Å². The molecule has 2 aromatic heterocycles. The smallest absolute Gasteiger partial charge is 0.335 e. The molecule has 0 atom stereocenters. The third kappa shape index (κ3) is 1.85. The van der Waals surface area contributed by atoms with E-state index in [2.05, 4.69) is 9.97 Å². The van der Waals surface area contributed by atoms with Crippen molar-refractivity contribution in [2.45, 2.75) is 6.92 Å². The van der Waals surface area contributed by atoms with Crippen LogP contribution in [0.4, 0.5) is 0 Å². The van der Waals surface area contributed by atoms with Gasteiger partial charge in [0, 0.05) is 6.20 Å². The van der Waals surface area contributed by atoms with Crippen molar-refractivity contribution in [3.05, 3.63) is 54.0 Å². The lowest BCUT2D eigenvalue weighted by Crippen LogP contribution is -2.03. The standard InChI is InChI=1S/C14H11N3O2/c1-9-16-11-4-2-3-5-12(11)17(9)13-8-10(14(18)19)6-7-15-13/h2-8H,1H3,(H,18,19). The molecule has 2 heterocycles. The monoisotopic (exact) mass is 253 g/mol. The predicted molar refractivity (Wildman–Crippen MR) is 70.6 cm³/mol. The summed E-state index contributed by atoms with van der Waals surface area (Å²) in [7, 11) is 0. The lowest BCUT2D eigenvalue weighted by atomic mass is 10.2. The predicted octanol–water partition coefficient (Wildman–Crippen LogP) is 2.43. The lowest BCUT2D eigenvalue weighted by Gasteiger charge is -2.06.